The van der Waals surface area contributed by atoms with Gasteiger partial charge in [0, 0.05) is 17.8 Å². The summed E-state index contributed by atoms with van der Waals surface area (Å²) in [6.45, 7) is 4.78. The molecule has 0 fully saturated rings. The second-order valence-corrected chi connectivity index (χ2v) is 5.32. The summed E-state index contributed by atoms with van der Waals surface area (Å²) in [6, 6.07) is 9.80. The SMILES string of the molecule is CCn1nc2ccc(C)nc2c1-c1ccc2[nH]c(=O)[nH]c2c1. The molecule has 0 radical (unpaired) electrons. The van der Waals surface area contributed by atoms with E-state index in [1.54, 1.807) is 0 Å². The van der Waals surface area contributed by atoms with Gasteiger partial charge >= 0.3 is 5.69 Å². The third kappa shape index (κ3) is 1.84. The average molecular weight is 293 g/mol. The van der Waals surface area contributed by atoms with Gasteiger partial charge in [-0.15, -0.1) is 0 Å². The van der Waals surface area contributed by atoms with Crippen LogP contribution in [-0.2, 0) is 6.54 Å². The fraction of sp³-hybridized carbons (Fsp3) is 0.188. The van der Waals surface area contributed by atoms with Crippen molar-refractivity contribution < 1.29 is 0 Å². The number of hydrogen-bond donors (Lipinski definition) is 2. The Labute approximate surface area is 125 Å². The molecule has 3 heterocycles. The number of H-pyrrole nitrogens is 2. The molecule has 110 valence electrons. The number of rotatable bonds is 2. The molecule has 0 amide bonds. The lowest BCUT2D eigenvalue weighted by atomic mass is 10.1. The molecule has 4 rings (SSSR count). The minimum Gasteiger partial charge on any atom is -0.306 e. The number of fused-ring (bicyclic) bond motifs is 2. The molecule has 0 bridgehead atoms. The Kier molecular flexibility index (Phi) is 2.66. The number of benzene rings is 1. The maximum atomic E-state index is 11.4. The summed E-state index contributed by atoms with van der Waals surface area (Å²) in [4.78, 5) is 21.6. The van der Waals surface area contributed by atoms with Crippen molar-refractivity contribution in [1.29, 1.82) is 0 Å². The third-order valence-electron chi connectivity index (χ3n) is 3.81. The van der Waals surface area contributed by atoms with Crippen molar-refractivity contribution in [2.75, 3.05) is 0 Å². The maximum Gasteiger partial charge on any atom is 0.323 e. The van der Waals surface area contributed by atoms with Crippen molar-refractivity contribution in [2.45, 2.75) is 20.4 Å². The van der Waals surface area contributed by atoms with Crippen LogP contribution in [0.4, 0.5) is 0 Å². The highest BCUT2D eigenvalue weighted by atomic mass is 16.1. The lowest BCUT2D eigenvalue weighted by Gasteiger charge is -2.05. The van der Waals surface area contributed by atoms with Gasteiger partial charge in [-0.3, -0.25) is 4.68 Å². The van der Waals surface area contributed by atoms with Crippen LogP contribution in [0.3, 0.4) is 0 Å². The summed E-state index contributed by atoms with van der Waals surface area (Å²) in [5.41, 5.74) is 6.08. The van der Waals surface area contributed by atoms with Crippen molar-refractivity contribution >= 4 is 22.1 Å². The van der Waals surface area contributed by atoms with E-state index in [0.717, 1.165) is 45.6 Å². The monoisotopic (exact) mass is 293 g/mol. The minimum atomic E-state index is -0.199. The fourth-order valence-electron chi connectivity index (χ4n) is 2.80. The number of imidazole rings is 1. The molecule has 0 atom stereocenters. The van der Waals surface area contributed by atoms with Crippen molar-refractivity contribution in [3.8, 4) is 11.3 Å². The van der Waals surface area contributed by atoms with Gasteiger partial charge in [0.2, 0.25) is 0 Å². The zero-order chi connectivity index (χ0) is 15.3. The Morgan fingerprint density at radius 2 is 1.95 bits per heavy atom. The van der Waals surface area contributed by atoms with Gasteiger partial charge < -0.3 is 9.97 Å². The number of aryl methyl sites for hydroxylation is 2. The number of pyridine rings is 1. The van der Waals surface area contributed by atoms with E-state index in [4.69, 9.17) is 0 Å². The maximum absolute atomic E-state index is 11.4. The molecule has 22 heavy (non-hydrogen) atoms. The Balaban J connectivity index is 2.05. The number of nitrogens with zero attached hydrogens (tertiary/aromatic N) is 3. The summed E-state index contributed by atoms with van der Waals surface area (Å²) >= 11 is 0. The van der Waals surface area contributed by atoms with Gasteiger partial charge in [0.25, 0.3) is 0 Å². The third-order valence-corrected chi connectivity index (χ3v) is 3.81. The van der Waals surface area contributed by atoms with Crippen molar-refractivity contribution in [3.63, 3.8) is 0 Å². The smallest absolute Gasteiger partial charge is 0.306 e. The van der Waals surface area contributed by atoms with Gasteiger partial charge in [0.1, 0.15) is 11.0 Å². The van der Waals surface area contributed by atoms with E-state index < -0.39 is 0 Å². The van der Waals surface area contributed by atoms with Crippen LogP contribution < -0.4 is 5.69 Å². The molecule has 0 aliphatic rings. The Morgan fingerprint density at radius 3 is 2.77 bits per heavy atom. The molecule has 2 N–H and O–H groups in total. The van der Waals surface area contributed by atoms with Crippen LogP contribution in [0.2, 0.25) is 0 Å². The summed E-state index contributed by atoms with van der Waals surface area (Å²) in [6.07, 6.45) is 0. The molecule has 4 aromatic rings. The highest BCUT2D eigenvalue weighted by Gasteiger charge is 2.14. The van der Waals surface area contributed by atoms with Gasteiger partial charge in [0.05, 0.1) is 16.7 Å². The number of nitrogens with one attached hydrogen (secondary N) is 2. The van der Waals surface area contributed by atoms with Crippen LogP contribution >= 0.6 is 0 Å². The van der Waals surface area contributed by atoms with Crippen LogP contribution in [0.5, 0.6) is 0 Å². The molecule has 0 saturated heterocycles. The first-order valence-corrected chi connectivity index (χ1v) is 7.22. The lowest BCUT2D eigenvalue weighted by Crippen LogP contribution is -1.99. The van der Waals surface area contributed by atoms with Crippen LogP contribution in [0.25, 0.3) is 33.3 Å². The van der Waals surface area contributed by atoms with Gasteiger partial charge in [-0.2, -0.15) is 5.10 Å². The molecule has 1 aromatic carbocycles. The average Bonchev–Trinajstić information content (AvgIpc) is 3.04. The standard InChI is InChI=1S/C16H15N5O/c1-3-21-15(14-12(20-21)6-4-9(2)17-14)10-5-7-11-13(8-10)19-16(22)18-11/h4-8H,3H2,1-2H3,(H2,18,19,22). The second kappa shape index (κ2) is 4.56. The topological polar surface area (TPSA) is 79.4 Å². The van der Waals surface area contributed by atoms with Gasteiger partial charge in [-0.05, 0) is 38.1 Å². The molecular formula is C16H15N5O. The molecule has 0 aliphatic carbocycles. The summed E-state index contributed by atoms with van der Waals surface area (Å²) in [7, 11) is 0. The molecule has 6 heteroatoms. The zero-order valence-electron chi connectivity index (χ0n) is 12.3. The number of aromatic nitrogens is 5. The quantitative estimate of drug-likeness (QED) is 0.596. The Hall–Kier alpha value is -2.89. The van der Waals surface area contributed by atoms with E-state index in [1.165, 1.54) is 0 Å². The molecule has 6 nitrogen and oxygen atoms in total. The van der Waals surface area contributed by atoms with Crippen LogP contribution in [0.15, 0.2) is 35.1 Å². The summed E-state index contributed by atoms with van der Waals surface area (Å²) < 4.78 is 1.95. The molecule has 0 aliphatic heterocycles. The largest absolute Gasteiger partial charge is 0.323 e. The zero-order valence-corrected chi connectivity index (χ0v) is 12.3. The van der Waals surface area contributed by atoms with E-state index in [9.17, 15) is 4.79 Å². The van der Waals surface area contributed by atoms with Crippen molar-refractivity contribution in [3.05, 3.63) is 46.5 Å². The van der Waals surface area contributed by atoms with Crippen LogP contribution in [0.1, 0.15) is 12.6 Å². The van der Waals surface area contributed by atoms with Crippen molar-refractivity contribution in [1.82, 2.24) is 24.7 Å². The molecule has 0 spiro atoms. The van der Waals surface area contributed by atoms with Crippen molar-refractivity contribution in [2.24, 2.45) is 0 Å². The van der Waals surface area contributed by atoms with Gasteiger partial charge in [0.15, 0.2) is 0 Å². The molecule has 0 unspecified atom stereocenters. The van der Waals surface area contributed by atoms with Gasteiger partial charge in [-0.1, -0.05) is 6.07 Å². The highest BCUT2D eigenvalue weighted by Crippen LogP contribution is 2.29. The predicted octanol–water partition coefficient (Wildman–Crippen LogP) is 2.60. The molecular weight excluding hydrogens is 278 g/mol. The summed E-state index contributed by atoms with van der Waals surface area (Å²) in [5, 5.41) is 4.61. The van der Waals surface area contributed by atoms with E-state index in [2.05, 4.69) is 27.0 Å². The second-order valence-electron chi connectivity index (χ2n) is 5.32. The normalized spacial score (nSPS) is 11.5. The first kappa shape index (κ1) is 12.8. The van der Waals surface area contributed by atoms with Crippen LogP contribution in [0, 0.1) is 6.92 Å². The van der Waals surface area contributed by atoms with E-state index in [0.29, 0.717) is 0 Å². The Bertz CT molecular complexity index is 1050. The Morgan fingerprint density at radius 1 is 1.14 bits per heavy atom. The minimum absolute atomic E-state index is 0.199. The predicted molar refractivity (Wildman–Crippen MR) is 85.9 cm³/mol. The molecule has 3 aromatic heterocycles. The number of aromatic amines is 2. The van der Waals surface area contributed by atoms with Gasteiger partial charge in [-0.25, -0.2) is 9.78 Å². The fourth-order valence-corrected chi connectivity index (χ4v) is 2.80. The van der Waals surface area contributed by atoms with E-state index in [-0.39, 0.29) is 5.69 Å². The highest BCUT2D eigenvalue weighted by molar-refractivity contribution is 5.92. The first-order chi connectivity index (χ1) is 10.7. The van der Waals surface area contributed by atoms with E-state index in [1.807, 2.05) is 41.9 Å². The molecule has 0 saturated carbocycles. The van der Waals surface area contributed by atoms with E-state index >= 15 is 0 Å². The number of hydrogen-bond acceptors (Lipinski definition) is 3. The van der Waals surface area contributed by atoms with Crippen LogP contribution in [-0.4, -0.2) is 24.7 Å². The summed E-state index contributed by atoms with van der Waals surface area (Å²) in [5.74, 6) is 0. The first-order valence-electron chi connectivity index (χ1n) is 7.22. The lowest BCUT2D eigenvalue weighted by molar-refractivity contribution is 0.675.